The molecule has 5 nitrogen and oxygen atoms in total. The van der Waals surface area contributed by atoms with Crippen molar-refractivity contribution in [2.24, 2.45) is 0 Å². The Morgan fingerprint density at radius 1 is 1.13 bits per heavy atom. The van der Waals surface area contributed by atoms with E-state index in [1.165, 1.54) is 24.3 Å². The van der Waals surface area contributed by atoms with E-state index in [4.69, 9.17) is 4.74 Å². The van der Waals surface area contributed by atoms with E-state index < -0.39 is 11.9 Å². The number of aryl methyl sites for hydroxylation is 1. The number of carbonyl (C=O) groups excluding carboxylic acids is 3. The minimum absolute atomic E-state index is 0.288. The molecule has 0 spiro atoms. The molecule has 0 atom stereocenters. The van der Waals surface area contributed by atoms with Crippen LogP contribution in [0.25, 0.3) is 0 Å². The van der Waals surface area contributed by atoms with Crippen LogP contribution in [0.2, 0.25) is 0 Å². The Morgan fingerprint density at radius 3 is 2.52 bits per heavy atom. The zero-order valence-electron chi connectivity index (χ0n) is 12.7. The molecule has 0 radical (unpaired) electrons. The monoisotopic (exact) mass is 311 g/mol. The molecular formula is C18H17NO4. The first-order valence-electron chi connectivity index (χ1n) is 7.23. The lowest BCUT2D eigenvalue weighted by Crippen LogP contribution is -2.21. The highest BCUT2D eigenvalue weighted by atomic mass is 16.5. The average Bonchev–Trinajstić information content (AvgIpc) is 2.60. The van der Waals surface area contributed by atoms with Gasteiger partial charge in [0.25, 0.3) is 5.91 Å². The number of benzene rings is 2. The minimum Gasteiger partial charge on any atom is -0.452 e. The van der Waals surface area contributed by atoms with Gasteiger partial charge in [0.05, 0.1) is 5.56 Å². The van der Waals surface area contributed by atoms with E-state index in [1.54, 1.807) is 6.07 Å². The smallest absolute Gasteiger partial charge is 0.338 e. The zero-order valence-corrected chi connectivity index (χ0v) is 12.7. The third-order valence-corrected chi connectivity index (χ3v) is 3.24. The number of aldehydes is 1. The second kappa shape index (κ2) is 7.89. The highest BCUT2D eigenvalue weighted by Gasteiger charge is 2.10. The molecule has 0 saturated heterocycles. The van der Waals surface area contributed by atoms with Crippen molar-refractivity contribution in [2.45, 2.75) is 13.3 Å². The topological polar surface area (TPSA) is 72.5 Å². The van der Waals surface area contributed by atoms with E-state index in [9.17, 15) is 14.4 Å². The van der Waals surface area contributed by atoms with Gasteiger partial charge in [0.1, 0.15) is 6.29 Å². The van der Waals surface area contributed by atoms with Crippen LogP contribution < -0.4 is 5.32 Å². The van der Waals surface area contributed by atoms with Crippen LogP contribution in [-0.4, -0.2) is 24.8 Å². The van der Waals surface area contributed by atoms with Gasteiger partial charge >= 0.3 is 5.97 Å². The largest absolute Gasteiger partial charge is 0.452 e. The summed E-state index contributed by atoms with van der Waals surface area (Å²) in [4.78, 5) is 34.2. The van der Waals surface area contributed by atoms with Crippen LogP contribution in [0, 0.1) is 0 Å². The van der Waals surface area contributed by atoms with Crippen molar-refractivity contribution in [2.75, 3.05) is 11.9 Å². The summed E-state index contributed by atoms with van der Waals surface area (Å²) in [6, 6.07) is 13.5. The molecule has 1 N–H and O–H groups in total. The zero-order chi connectivity index (χ0) is 16.7. The first kappa shape index (κ1) is 16.4. The first-order chi connectivity index (χ1) is 11.1. The fraction of sp³-hybridized carbons (Fsp3) is 0.167. The van der Waals surface area contributed by atoms with Crippen molar-refractivity contribution >= 4 is 23.9 Å². The number of carbonyl (C=O) groups is 3. The summed E-state index contributed by atoms with van der Waals surface area (Å²) in [6.07, 6.45) is 1.56. The van der Waals surface area contributed by atoms with E-state index in [-0.39, 0.29) is 12.2 Å². The highest BCUT2D eigenvalue weighted by molar-refractivity contribution is 5.95. The van der Waals surface area contributed by atoms with Gasteiger partial charge in [-0.25, -0.2) is 4.79 Å². The molecule has 0 bridgehead atoms. The van der Waals surface area contributed by atoms with Crippen LogP contribution in [0.15, 0.2) is 48.5 Å². The molecule has 0 aliphatic carbocycles. The normalized spacial score (nSPS) is 9.96. The number of anilines is 1. The molecule has 0 unspecified atom stereocenters. The lowest BCUT2D eigenvalue weighted by molar-refractivity contribution is -0.119. The number of nitrogens with one attached hydrogen (secondary N) is 1. The highest BCUT2D eigenvalue weighted by Crippen LogP contribution is 2.11. The van der Waals surface area contributed by atoms with Gasteiger partial charge < -0.3 is 10.1 Å². The molecule has 0 fully saturated rings. The lowest BCUT2D eigenvalue weighted by atomic mass is 10.1. The second-order valence-corrected chi connectivity index (χ2v) is 4.92. The van der Waals surface area contributed by atoms with Gasteiger partial charge in [0.2, 0.25) is 0 Å². The summed E-state index contributed by atoms with van der Waals surface area (Å²) in [5.74, 6) is -1.02. The molecule has 2 rings (SSSR count). The summed E-state index contributed by atoms with van der Waals surface area (Å²) < 4.78 is 4.95. The Hall–Kier alpha value is -2.95. The second-order valence-electron chi connectivity index (χ2n) is 4.92. The first-order valence-corrected chi connectivity index (χ1v) is 7.23. The maximum atomic E-state index is 11.8. The predicted molar refractivity (Wildman–Crippen MR) is 86.6 cm³/mol. The third-order valence-electron chi connectivity index (χ3n) is 3.24. The SMILES string of the molecule is CCc1cccc(NC(=O)COC(=O)c2ccc(C=O)cc2)c1. The van der Waals surface area contributed by atoms with Gasteiger partial charge in [-0.15, -0.1) is 0 Å². The quantitative estimate of drug-likeness (QED) is 0.657. The maximum Gasteiger partial charge on any atom is 0.338 e. The Kier molecular flexibility index (Phi) is 5.63. The molecule has 0 aliphatic heterocycles. The molecule has 0 heterocycles. The molecule has 0 aliphatic rings. The fourth-order valence-corrected chi connectivity index (χ4v) is 1.98. The van der Waals surface area contributed by atoms with Crippen molar-refractivity contribution in [3.05, 3.63) is 65.2 Å². The van der Waals surface area contributed by atoms with E-state index >= 15 is 0 Å². The number of amides is 1. The summed E-state index contributed by atoms with van der Waals surface area (Å²) in [5, 5.41) is 2.68. The van der Waals surface area contributed by atoms with Crippen molar-refractivity contribution in [1.82, 2.24) is 0 Å². The Morgan fingerprint density at radius 2 is 1.87 bits per heavy atom. The number of hydrogen-bond donors (Lipinski definition) is 1. The van der Waals surface area contributed by atoms with E-state index in [1.807, 2.05) is 25.1 Å². The standard InChI is InChI=1S/C18H17NO4/c1-2-13-4-3-5-16(10-13)19-17(21)12-23-18(22)15-8-6-14(11-20)7-9-15/h3-11H,2,12H2,1H3,(H,19,21). The van der Waals surface area contributed by atoms with E-state index in [2.05, 4.69) is 5.32 Å². The summed E-state index contributed by atoms with van der Waals surface area (Å²) in [5.41, 5.74) is 2.53. The molecule has 23 heavy (non-hydrogen) atoms. The van der Waals surface area contributed by atoms with Crippen LogP contribution in [0.1, 0.15) is 33.2 Å². The van der Waals surface area contributed by atoms with Crippen molar-refractivity contribution in [3.63, 3.8) is 0 Å². The number of esters is 1. The molecule has 2 aromatic rings. The van der Waals surface area contributed by atoms with Crippen molar-refractivity contribution in [3.8, 4) is 0 Å². The van der Waals surface area contributed by atoms with Crippen LogP contribution in [0.4, 0.5) is 5.69 Å². The molecule has 1 amide bonds. The van der Waals surface area contributed by atoms with Gasteiger partial charge in [-0.05, 0) is 36.2 Å². The van der Waals surface area contributed by atoms with Gasteiger partial charge in [0, 0.05) is 11.3 Å². The molecule has 5 heteroatoms. The molecule has 0 saturated carbocycles. The Balaban J connectivity index is 1.87. The predicted octanol–water partition coefficient (Wildman–Crippen LogP) is 2.86. The van der Waals surface area contributed by atoms with E-state index in [0.29, 0.717) is 17.5 Å². The van der Waals surface area contributed by atoms with Crippen molar-refractivity contribution in [1.29, 1.82) is 0 Å². The van der Waals surface area contributed by atoms with Gasteiger partial charge in [-0.1, -0.05) is 31.2 Å². The van der Waals surface area contributed by atoms with Crippen LogP contribution in [0.5, 0.6) is 0 Å². The van der Waals surface area contributed by atoms with Gasteiger partial charge in [0.15, 0.2) is 6.61 Å². The summed E-state index contributed by atoms with van der Waals surface area (Å²) >= 11 is 0. The Bertz CT molecular complexity index is 707. The van der Waals surface area contributed by atoms with Crippen LogP contribution in [0.3, 0.4) is 0 Å². The van der Waals surface area contributed by atoms with Gasteiger partial charge in [-0.3, -0.25) is 9.59 Å². The van der Waals surface area contributed by atoms with Crippen LogP contribution in [-0.2, 0) is 16.0 Å². The summed E-state index contributed by atoms with van der Waals surface area (Å²) in [7, 11) is 0. The Labute approximate surface area is 134 Å². The van der Waals surface area contributed by atoms with Crippen molar-refractivity contribution < 1.29 is 19.1 Å². The van der Waals surface area contributed by atoms with Gasteiger partial charge in [-0.2, -0.15) is 0 Å². The molecule has 118 valence electrons. The fourth-order valence-electron chi connectivity index (χ4n) is 1.98. The van der Waals surface area contributed by atoms with E-state index in [0.717, 1.165) is 12.0 Å². The number of ether oxygens (including phenoxy) is 1. The number of rotatable bonds is 6. The molecule has 0 aromatic heterocycles. The molecule has 2 aromatic carbocycles. The minimum atomic E-state index is -0.611. The number of hydrogen-bond acceptors (Lipinski definition) is 4. The third kappa shape index (κ3) is 4.78. The molecular weight excluding hydrogens is 294 g/mol. The summed E-state index contributed by atoms with van der Waals surface area (Å²) in [6.45, 7) is 1.66. The maximum absolute atomic E-state index is 11.8. The lowest BCUT2D eigenvalue weighted by Gasteiger charge is -2.08. The average molecular weight is 311 g/mol. The van der Waals surface area contributed by atoms with Crippen LogP contribution >= 0.6 is 0 Å².